The second-order valence-electron chi connectivity index (χ2n) is 5.69. The van der Waals surface area contributed by atoms with Crippen LogP contribution in [0.1, 0.15) is 31.4 Å². The third kappa shape index (κ3) is 3.84. The molecule has 0 fully saturated rings. The van der Waals surface area contributed by atoms with E-state index in [-0.39, 0.29) is 0 Å². The smallest absolute Gasteiger partial charge is 0.191 e. The van der Waals surface area contributed by atoms with E-state index in [1.54, 1.807) is 6.08 Å². The predicted molar refractivity (Wildman–Crippen MR) is 103 cm³/mol. The van der Waals surface area contributed by atoms with Crippen molar-refractivity contribution in [1.29, 1.82) is 5.41 Å². The van der Waals surface area contributed by atoms with E-state index in [2.05, 4.69) is 26.5 Å². The van der Waals surface area contributed by atoms with Crippen LogP contribution < -0.4 is 21.5 Å². The maximum absolute atomic E-state index is 9.70. The van der Waals surface area contributed by atoms with Crippen molar-refractivity contribution in [2.24, 2.45) is 17.5 Å². The molecule has 1 aromatic rings. The lowest BCUT2D eigenvalue weighted by molar-refractivity contribution is 0.259. The number of ether oxygens (including phenoxy) is 1. The van der Waals surface area contributed by atoms with Crippen molar-refractivity contribution in [2.45, 2.75) is 26.7 Å². The molecule has 0 atom stereocenters. The molecule has 24 heavy (non-hydrogen) atoms. The predicted octanol–water partition coefficient (Wildman–Crippen LogP) is 3.45. The first kappa shape index (κ1) is 18.6. The van der Waals surface area contributed by atoms with Gasteiger partial charge in [0, 0.05) is 28.4 Å². The number of allylic oxidation sites excluding steroid dienone is 3. The van der Waals surface area contributed by atoms with Gasteiger partial charge < -0.3 is 15.9 Å². The second-order valence-corrected chi connectivity index (χ2v) is 7.09. The summed E-state index contributed by atoms with van der Waals surface area (Å²) in [5, 5.41) is 18.9. The molecule has 0 saturated carbocycles. The van der Waals surface area contributed by atoms with Gasteiger partial charge in [-0.2, -0.15) is 5.17 Å². The molecule has 1 aliphatic rings. The number of nitrogens with zero attached hydrogens (tertiary/aromatic N) is 1. The average molecular weight is 367 g/mol. The molecule has 1 aliphatic carbocycles. The Balaban J connectivity index is 2.48. The Bertz CT molecular complexity index is 718. The molecule has 0 unspecified atom stereocenters. The van der Waals surface area contributed by atoms with E-state index >= 15 is 0 Å². The summed E-state index contributed by atoms with van der Waals surface area (Å²) in [4.78, 5) is 0.662. The Morgan fingerprint density at radius 1 is 1.46 bits per heavy atom. The molecular weight excluding hydrogens is 344 g/mol. The number of rotatable bonds is 6. The fraction of sp³-hybridized carbons (Fsp3) is 0.312. The normalized spacial score (nSPS) is 15.2. The lowest BCUT2D eigenvalue weighted by Gasteiger charge is -2.18. The van der Waals surface area contributed by atoms with Gasteiger partial charge in [0.05, 0.1) is 0 Å². The fourth-order valence-electron chi connectivity index (χ4n) is 2.36. The van der Waals surface area contributed by atoms with Crippen LogP contribution in [-0.4, -0.2) is 11.4 Å². The number of nitrogens with two attached hydrogens (primary N) is 2. The summed E-state index contributed by atoms with van der Waals surface area (Å²) in [6.45, 7) is 4.11. The summed E-state index contributed by atoms with van der Waals surface area (Å²) < 4.78 is 5.92. The highest BCUT2D eigenvalue weighted by molar-refractivity contribution is 7.90. The van der Waals surface area contributed by atoms with Gasteiger partial charge in [0.2, 0.25) is 0 Å². The van der Waals surface area contributed by atoms with Crippen LogP contribution in [0.4, 0.5) is 5.00 Å². The highest BCUT2D eigenvalue weighted by Gasteiger charge is 2.28. The summed E-state index contributed by atoms with van der Waals surface area (Å²) in [5.41, 5.74) is 8.08. The van der Waals surface area contributed by atoms with Gasteiger partial charge in [-0.05, 0) is 30.4 Å². The summed E-state index contributed by atoms with van der Waals surface area (Å²) >= 11 is 5.77. The zero-order valence-corrected chi connectivity index (χ0v) is 15.3. The third-order valence-corrected chi connectivity index (χ3v) is 5.15. The van der Waals surface area contributed by atoms with E-state index in [4.69, 9.17) is 21.7 Å². The van der Waals surface area contributed by atoms with Crippen molar-refractivity contribution in [3.05, 3.63) is 40.8 Å². The van der Waals surface area contributed by atoms with Crippen molar-refractivity contribution < 1.29 is 9.94 Å². The Labute approximate surface area is 150 Å². The van der Waals surface area contributed by atoms with Gasteiger partial charge in [-0.25, -0.2) is 5.84 Å². The summed E-state index contributed by atoms with van der Waals surface area (Å²) in [6.07, 6.45) is 7.77. The summed E-state index contributed by atoms with van der Waals surface area (Å²) in [7, 11) is 0. The van der Waals surface area contributed by atoms with Gasteiger partial charge in [0.25, 0.3) is 0 Å². The van der Waals surface area contributed by atoms with E-state index in [0.717, 1.165) is 16.7 Å². The van der Waals surface area contributed by atoms with Crippen LogP contribution in [0.5, 0.6) is 5.06 Å². The molecule has 1 aromatic heterocycles. The molecule has 2 rings (SSSR count). The van der Waals surface area contributed by atoms with Crippen LogP contribution in [0.15, 0.2) is 29.7 Å². The minimum absolute atomic E-state index is 0.359. The Morgan fingerprint density at radius 2 is 2.17 bits per heavy atom. The summed E-state index contributed by atoms with van der Waals surface area (Å²) in [5.74, 6) is 6.38. The first-order valence-corrected chi connectivity index (χ1v) is 8.75. The number of hydrazine groups is 1. The number of hydrogen-bond acceptors (Lipinski definition) is 8. The minimum atomic E-state index is 0.359. The quantitative estimate of drug-likeness (QED) is 0.132. The van der Waals surface area contributed by atoms with E-state index in [1.165, 1.54) is 23.8 Å². The van der Waals surface area contributed by atoms with Gasteiger partial charge in [-0.3, -0.25) is 5.21 Å². The molecule has 0 radical (unpaired) electrons. The first-order chi connectivity index (χ1) is 11.4. The average Bonchev–Trinajstić information content (AvgIpc) is 2.91. The second kappa shape index (κ2) is 7.89. The molecule has 1 heterocycles. The van der Waals surface area contributed by atoms with Crippen molar-refractivity contribution in [2.75, 3.05) is 5.17 Å². The van der Waals surface area contributed by atoms with Crippen LogP contribution in [-0.2, 0) is 6.42 Å². The molecule has 6 nitrogen and oxygen atoms in total. The number of thiophene rings is 1. The number of hydrogen-bond donors (Lipinski definition) is 5. The van der Waals surface area contributed by atoms with E-state index < -0.39 is 0 Å². The SMILES string of the molecule is CC(C)/C=C\C(=C/N)Oc1sc(N(N)O)c2c1C(S)=C(C=N)CC2. The molecule has 0 bridgehead atoms. The summed E-state index contributed by atoms with van der Waals surface area (Å²) in [6, 6.07) is 0. The number of thiol groups is 1. The van der Waals surface area contributed by atoms with Crippen LogP contribution >= 0.6 is 24.0 Å². The van der Waals surface area contributed by atoms with Gasteiger partial charge in [0.1, 0.15) is 10.8 Å². The molecule has 8 heteroatoms. The number of nitrogens with one attached hydrogen (secondary N) is 1. The van der Waals surface area contributed by atoms with Gasteiger partial charge in [-0.15, -0.1) is 12.6 Å². The van der Waals surface area contributed by atoms with Crippen LogP contribution in [0.25, 0.3) is 4.91 Å². The van der Waals surface area contributed by atoms with E-state index in [0.29, 0.717) is 44.7 Å². The van der Waals surface area contributed by atoms with Crippen molar-refractivity contribution in [3.63, 3.8) is 0 Å². The zero-order valence-electron chi connectivity index (χ0n) is 13.6. The molecule has 0 aliphatic heterocycles. The number of fused-ring (bicyclic) bond motifs is 1. The van der Waals surface area contributed by atoms with E-state index in [1.807, 2.05) is 6.08 Å². The molecule has 0 amide bonds. The topological polar surface area (TPSA) is 109 Å². The number of anilines is 1. The molecular formula is C16H22N4O2S2. The Morgan fingerprint density at radius 3 is 2.71 bits per heavy atom. The van der Waals surface area contributed by atoms with Crippen LogP contribution in [0, 0.1) is 11.3 Å². The third-order valence-electron chi connectivity index (χ3n) is 3.54. The van der Waals surface area contributed by atoms with Crippen molar-refractivity contribution in [3.8, 4) is 5.06 Å². The monoisotopic (exact) mass is 366 g/mol. The lowest BCUT2D eigenvalue weighted by atomic mass is 9.95. The highest BCUT2D eigenvalue weighted by atomic mass is 32.1. The fourth-order valence-corrected chi connectivity index (χ4v) is 3.91. The van der Waals surface area contributed by atoms with Gasteiger partial charge in [-0.1, -0.05) is 31.3 Å². The van der Waals surface area contributed by atoms with Gasteiger partial charge >= 0.3 is 0 Å². The lowest BCUT2D eigenvalue weighted by Crippen LogP contribution is -2.26. The molecule has 0 spiro atoms. The van der Waals surface area contributed by atoms with Gasteiger partial charge in [0.15, 0.2) is 5.06 Å². The first-order valence-electron chi connectivity index (χ1n) is 7.49. The Hall–Kier alpha value is -1.74. The zero-order chi connectivity index (χ0) is 17.9. The molecule has 0 aromatic carbocycles. The maximum Gasteiger partial charge on any atom is 0.191 e. The largest absolute Gasteiger partial charge is 0.444 e. The van der Waals surface area contributed by atoms with Crippen LogP contribution in [0.3, 0.4) is 0 Å². The van der Waals surface area contributed by atoms with Crippen molar-refractivity contribution >= 4 is 40.1 Å². The molecule has 130 valence electrons. The van der Waals surface area contributed by atoms with Crippen LogP contribution in [0.2, 0.25) is 0 Å². The maximum atomic E-state index is 9.70. The van der Waals surface area contributed by atoms with E-state index in [9.17, 15) is 5.21 Å². The highest BCUT2D eigenvalue weighted by Crippen LogP contribution is 2.49. The molecule has 0 saturated heterocycles. The standard InChI is InChI=1S/C16H22N4O2S2/c1-9(2)3-5-11(8-18)22-16-13-12(15(24-16)20(19)21)6-4-10(7-17)14(13)23/h3,5,7-9,17,21,23H,4,6,18-19H2,1-2H3/b5-3-,11-8+,17-7?. The molecule has 6 N–H and O–H groups in total. The van der Waals surface area contributed by atoms with Crippen molar-refractivity contribution in [1.82, 2.24) is 0 Å². The minimum Gasteiger partial charge on any atom is -0.444 e. The Kier molecular flexibility index (Phi) is 6.11.